The van der Waals surface area contributed by atoms with Gasteiger partial charge in [0.05, 0.1) is 11.3 Å². The molecule has 4 rings (SSSR count). The number of benzene rings is 2. The maximum Gasteiger partial charge on any atom is 0.264 e. The van der Waals surface area contributed by atoms with Crippen LogP contribution in [0.3, 0.4) is 0 Å². The molecule has 1 N–H and O–H groups in total. The molecule has 1 amide bonds. The average Bonchev–Trinajstić information content (AvgIpc) is 2.73. The fourth-order valence-electron chi connectivity index (χ4n) is 2.65. The highest BCUT2D eigenvalue weighted by molar-refractivity contribution is 6.36. The fraction of sp³-hybridized carbons (Fsp3) is 0.0667. The summed E-state index contributed by atoms with van der Waals surface area (Å²) in [5, 5.41) is 10.1. The van der Waals surface area contributed by atoms with E-state index in [4.69, 9.17) is 0 Å². The molecule has 4 nitrogen and oxygen atoms in total. The largest absolute Gasteiger partial charge is 0.368 e. The summed E-state index contributed by atoms with van der Waals surface area (Å²) in [6, 6.07) is 14.6. The normalized spacial score (nSPS) is 19.6. The van der Waals surface area contributed by atoms with Crippen molar-refractivity contribution < 1.29 is 9.90 Å². The molecule has 2 heterocycles. The minimum atomic E-state index is -0.915. The Hall–Kier alpha value is -2.46. The van der Waals surface area contributed by atoms with Gasteiger partial charge < -0.3 is 5.11 Å². The van der Waals surface area contributed by atoms with Crippen LogP contribution in [0.1, 0.15) is 27.7 Å². The van der Waals surface area contributed by atoms with Gasteiger partial charge in [0.2, 0.25) is 0 Å². The number of para-hydroxylation sites is 1. The molecule has 1 unspecified atom stereocenters. The summed E-state index contributed by atoms with van der Waals surface area (Å²) >= 11 is 0. The number of hydrogen-bond donors (Lipinski definition) is 1. The van der Waals surface area contributed by atoms with Gasteiger partial charge in [0.25, 0.3) is 5.91 Å². The van der Waals surface area contributed by atoms with Crippen LogP contribution in [0.4, 0.5) is 5.69 Å². The van der Waals surface area contributed by atoms with Crippen molar-refractivity contribution in [3.63, 3.8) is 0 Å². The lowest BCUT2D eigenvalue weighted by atomic mass is 10.1. The predicted molar refractivity (Wildman–Crippen MR) is 71.2 cm³/mol. The molecule has 0 aromatic heterocycles. The molecule has 2 aromatic rings. The van der Waals surface area contributed by atoms with Gasteiger partial charge in [-0.25, -0.2) is 4.99 Å². The number of carbonyl (C=O) groups excluding carboxylic acids is 1. The van der Waals surface area contributed by atoms with Crippen LogP contribution in [-0.2, 0) is 0 Å². The summed E-state index contributed by atoms with van der Waals surface area (Å²) in [4.78, 5) is 18.3. The van der Waals surface area contributed by atoms with Gasteiger partial charge in [0, 0.05) is 11.1 Å². The quantitative estimate of drug-likeness (QED) is 0.778. The summed E-state index contributed by atoms with van der Waals surface area (Å²) in [5.74, 6) is 0.445. The van der Waals surface area contributed by atoms with Crippen LogP contribution in [0.25, 0.3) is 0 Å². The Balaban J connectivity index is 2.01. The minimum Gasteiger partial charge on any atom is -0.368 e. The van der Waals surface area contributed by atoms with E-state index in [9.17, 15) is 9.90 Å². The van der Waals surface area contributed by atoms with Gasteiger partial charge in [-0.2, -0.15) is 0 Å². The molecule has 0 saturated heterocycles. The molecule has 19 heavy (non-hydrogen) atoms. The van der Waals surface area contributed by atoms with Crippen LogP contribution in [0.15, 0.2) is 53.5 Å². The van der Waals surface area contributed by atoms with E-state index in [1.54, 1.807) is 17.0 Å². The van der Waals surface area contributed by atoms with Crippen molar-refractivity contribution in [2.24, 2.45) is 4.99 Å². The second-order valence-corrected chi connectivity index (χ2v) is 4.57. The maximum atomic E-state index is 12.5. The van der Waals surface area contributed by atoms with E-state index in [2.05, 4.69) is 4.99 Å². The van der Waals surface area contributed by atoms with Crippen molar-refractivity contribution in [3.05, 3.63) is 65.2 Å². The summed E-state index contributed by atoms with van der Waals surface area (Å²) in [7, 11) is 0. The molecule has 92 valence electrons. The lowest BCUT2D eigenvalue weighted by Gasteiger charge is -2.26. The van der Waals surface area contributed by atoms with E-state index in [1.165, 1.54) is 0 Å². The van der Waals surface area contributed by atoms with Crippen molar-refractivity contribution >= 4 is 17.4 Å². The minimum absolute atomic E-state index is 0.0892. The third kappa shape index (κ3) is 1.26. The van der Waals surface area contributed by atoms with Crippen molar-refractivity contribution in [2.75, 3.05) is 4.90 Å². The number of amides is 1. The van der Waals surface area contributed by atoms with E-state index in [1.807, 2.05) is 36.4 Å². The molecule has 0 spiro atoms. The molecular formula is C15H10N2O2. The van der Waals surface area contributed by atoms with Gasteiger partial charge in [0.1, 0.15) is 5.84 Å². The zero-order valence-corrected chi connectivity index (χ0v) is 9.95. The summed E-state index contributed by atoms with van der Waals surface area (Å²) in [6.45, 7) is 0. The van der Waals surface area contributed by atoms with Crippen LogP contribution in [0.2, 0.25) is 0 Å². The predicted octanol–water partition coefficient (Wildman–Crippen LogP) is 2.10. The van der Waals surface area contributed by atoms with Gasteiger partial charge in [-0.15, -0.1) is 0 Å². The van der Waals surface area contributed by atoms with Gasteiger partial charge in [-0.1, -0.05) is 36.4 Å². The van der Waals surface area contributed by atoms with E-state index in [0.717, 1.165) is 5.56 Å². The molecule has 4 heteroatoms. The maximum absolute atomic E-state index is 12.5. The van der Waals surface area contributed by atoms with Crippen LogP contribution in [0, 0.1) is 0 Å². The first-order chi connectivity index (χ1) is 9.27. The van der Waals surface area contributed by atoms with Crippen molar-refractivity contribution in [1.82, 2.24) is 0 Å². The number of hydrogen-bond acceptors (Lipinski definition) is 3. The first-order valence-corrected chi connectivity index (χ1v) is 6.06. The Bertz CT molecular complexity index is 736. The van der Waals surface area contributed by atoms with Crippen molar-refractivity contribution in [3.8, 4) is 0 Å². The average molecular weight is 250 g/mol. The van der Waals surface area contributed by atoms with Crippen molar-refractivity contribution in [1.29, 1.82) is 0 Å². The highest BCUT2D eigenvalue weighted by Crippen LogP contribution is 2.38. The van der Waals surface area contributed by atoms with Gasteiger partial charge >= 0.3 is 0 Å². The Labute approximate surface area is 109 Å². The number of aliphatic hydroxyl groups excluding tert-OH is 1. The zero-order valence-electron chi connectivity index (χ0n) is 9.95. The topological polar surface area (TPSA) is 52.9 Å². The molecule has 0 fully saturated rings. The molecule has 2 aliphatic heterocycles. The standard InChI is InChI=1S/C15H10N2O2/c18-14-11-7-3-4-8-12(11)17-13(16-14)9-5-1-2-6-10(9)15(17)19/h1-8,14,18H. The third-order valence-electron chi connectivity index (χ3n) is 3.51. The monoisotopic (exact) mass is 250 g/mol. The SMILES string of the molecule is O=C1c2ccccc2C2=NC(O)c3ccccc3N12. The lowest BCUT2D eigenvalue weighted by Crippen LogP contribution is -2.34. The number of carbonyl (C=O) groups is 1. The fourth-order valence-corrected chi connectivity index (χ4v) is 2.65. The number of aliphatic hydroxyl groups is 1. The molecule has 0 saturated carbocycles. The summed E-state index contributed by atoms with van der Waals surface area (Å²) in [6.07, 6.45) is -0.915. The van der Waals surface area contributed by atoms with E-state index >= 15 is 0 Å². The highest BCUT2D eigenvalue weighted by atomic mass is 16.3. The second-order valence-electron chi connectivity index (χ2n) is 4.57. The molecule has 0 aliphatic carbocycles. The van der Waals surface area contributed by atoms with Crippen LogP contribution in [0.5, 0.6) is 0 Å². The Kier molecular flexibility index (Phi) is 1.94. The highest BCUT2D eigenvalue weighted by Gasteiger charge is 2.39. The first-order valence-electron chi connectivity index (χ1n) is 6.06. The van der Waals surface area contributed by atoms with Gasteiger partial charge in [-0.05, 0) is 12.1 Å². The molecule has 0 bridgehead atoms. The first kappa shape index (κ1) is 10.5. The molecule has 0 radical (unpaired) electrons. The number of rotatable bonds is 0. The van der Waals surface area contributed by atoms with Crippen LogP contribution >= 0.6 is 0 Å². The molecule has 2 aliphatic rings. The zero-order chi connectivity index (χ0) is 13.0. The lowest BCUT2D eigenvalue weighted by molar-refractivity contribution is 0.100. The van der Waals surface area contributed by atoms with Gasteiger partial charge in [-0.3, -0.25) is 9.69 Å². The Morgan fingerprint density at radius 3 is 2.53 bits per heavy atom. The van der Waals surface area contributed by atoms with Crippen LogP contribution in [-0.4, -0.2) is 16.8 Å². The van der Waals surface area contributed by atoms with Crippen LogP contribution < -0.4 is 4.90 Å². The number of aliphatic imine (C=N–C) groups is 1. The van der Waals surface area contributed by atoms with Gasteiger partial charge in [0.15, 0.2) is 6.23 Å². The molecule has 1 atom stereocenters. The van der Waals surface area contributed by atoms with E-state index in [-0.39, 0.29) is 5.91 Å². The molecular weight excluding hydrogens is 240 g/mol. The van der Waals surface area contributed by atoms with E-state index in [0.29, 0.717) is 22.6 Å². The Morgan fingerprint density at radius 1 is 1.00 bits per heavy atom. The van der Waals surface area contributed by atoms with E-state index < -0.39 is 6.23 Å². The number of amidine groups is 1. The number of anilines is 1. The Morgan fingerprint density at radius 2 is 1.68 bits per heavy atom. The second kappa shape index (κ2) is 3.52. The summed E-state index contributed by atoms with van der Waals surface area (Å²) < 4.78 is 0. The summed E-state index contributed by atoms with van der Waals surface area (Å²) in [5.41, 5.74) is 2.78. The smallest absolute Gasteiger partial charge is 0.264 e. The number of fused-ring (bicyclic) bond motifs is 5. The molecule has 2 aromatic carbocycles. The van der Waals surface area contributed by atoms with Crippen molar-refractivity contribution in [2.45, 2.75) is 6.23 Å². The third-order valence-corrected chi connectivity index (χ3v) is 3.51. The number of nitrogens with zero attached hydrogens (tertiary/aromatic N) is 2.